The Balaban J connectivity index is 1.48. The van der Waals surface area contributed by atoms with E-state index in [1.807, 2.05) is 0 Å². The number of nitrogens with one attached hydrogen (secondary N) is 1. The molecule has 108 valence electrons. The lowest BCUT2D eigenvalue weighted by Gasteiger charge is -2.21. The highest BCUT2D eigenvalue weighted by Crippen LogP contribution is 2.20. The molecule has 0 amide bonds. The first-order valence-corrected chi connectivity index (χ1v) is 7.36. The van der Waals surface area contributed by atoms with Crippen LogP contribution < -0.4 is 5.73 Å². The van der Waals surface area contributed by atoms with Crippen LogP contribution in [0.25, 0.3) is 11.2 Å². The molecule has 20 heavy (non-hydrogen) atoms. The Bertz CT molecular complexity index is 562. The van der Waals surface area contributed by atoms with Crippen molar-refractivity contribution in [1.29, 1.82) is 0 Å². The van der Waals surface area contributed by atoms with Crippen LogP contribution in [0.5, 0.6) is 0 Å². The summed E-state index contributed by atoms with van der Waals surface area (Å²) in [5.74, 6) is 2.17. The van der Waals surface area contributed by atoms with E-state index in [1.54, 1.807) is 0 Å². The van der Waals surface area contributed by atoms with Crippen molar-refractivity contribution in [3.8, 4) is 0 Å². The minimum atomic E-state index is 0.466. The van der Waals surface area contributed by atoms with Gasteiger partial charge in [-0.1, -0.05) is 6.42 Å². The minimum absolute atomic E-state index is 0.466. The van der Waals surface area contributed by atoms with E-state index < -0.39 is 0 Å². The first-order chi connectivity index (χ1) is 9.83. The summed E-state index contributed by atoms with van der Waals surface area (Å²) >= 11 is 0. The molecule has 1 saturated heterocycles. The van der Waals surface area contributed by atoms with Crippen molar-refractivity contribution in [2.24, 2.45) is 5.92 Å². The van der Waals surface area contributed by atoms with Gasteiger partial charge in [0.15, 0.2) is 11.5 Å². The summed E-state index contributed by atoms with van der Waals surface area (Å²) in [6.45, 7) is 1.88. The summed E-state index contributed by atoms with van der Waals surface area (Å²) < 4.78 is 5.50. The number of aryl methyl sites for hydroxylation is 1. The molecule has 0 radical (unpaired) electrons. The first kappa shape index (κ1) is 13.3. The molecule has 3 rings (SSSR count). The molecular formula is C14H21N5O. The number of fused-ring (bicyclic) bond motifs is 1. The van der Waals surface area contributed by atoms with E-state index in [0.717, 1.165) is 43.3 Å². The van der Waals surface area contributed by atoms with Gasteiger partial charge >= 0.3 is 0 Å². The summed E-state index contributed by atoms with van der Waals surface area (Å²) in [6, 6.07) is 0. The summed E-state index contributed by atoms with van der Waals surface area (Å²) in [6.07, 6.45) is 8.51. The Labute approximate surface area is 118 Å². The van der Waals surface area contributed by atoms with Gasteiger partial charge in [-0.05, 0) is 31.6 Å². The zero-order chi connectivity index (χ0) is 13.8. The molecular weight excluding hydrogens is 254 g/mol. The van der Waals surface area contributed by atoms with Gasteiger partial charge in [-0.2, -0.15) is 0 Å². The smallest absolute Gasteiger partial charge is 0.183 e. The number of nitrogens with zero attached hydrogens (tertiary/aromatic N) is 3. The van der Waals surface area contributed by atoms with Gasteiger partial charge in [0.2, 0.25) is 0 Å². The molecule has 0 saturated carbocycles. The first-order valence-electron chi connectivity index (χ1n) is 7.36. The third-order valence-corrected chi connectivity index (χ3v) is 3.90. The molecule has 3 N–H and O–H groups in total. The van der Waals surface area contributed by atoms with Gasteiger partial charge in [-0.3, -0.25) is 0 Å². The van der Waals surface area contributed by atoms with Crippen LogP contribution in [-0.2, 0) is 11.2 Å². The molecule has 0 spiro atoms. The topological polar surface area (TPSA) is 89.7 Å². The van der Waals surface area contributed by atoms with E-state index in [2.05, 4.69) is 19.9 Å². The molecule has 0 aliphatic carbocycles. The highest BCUT2D eigenvalue weighted by molar-refractivity contribution is 5.80. The number of H-pyrrole nitrogens is 1. The van der Waals surface area contributed by atoms with Crippen LogP contribution in [0.2, 0.25) is 0 Å². The summed E-state index contributed by atoms with van der Waals surface area (Å²) in [4.78, 5) is 15.7. The Morgan fingerprint density at radius 1 is 1.35 bits per heavy atom. The van der Waals surface area contributed by atoms with Crippen molar-refractivity contribution in [1.82, 2.24) is 19.9 Å². The monoisotopic (exact) mass is 275 g/mol. The number of aromatic nitrogens is 4. The number of aromatic amines is 1. The Morgan fingerprint density at radius 3 is 3.10 bits per heavy atom. The second-order valence-electron chi connectivity index (χ2n) is 5.47. The molecule has 0 bridgehead atoms. The number of imidazole rings is 1. The SMILES string of the molecule is Nc1ncnc2nc(CCCCC3CCCOC3)[nH]c12. The summed E-state index contributed by atoms with van der Waals surface area (Å²) in [7, 11) is 0. The standard InChI is InChI=1S/C14H21N5O/c15-13-12-14(17-9-16-13)19-11(18-12)6-2-1-4-10-5-3-7-20-8-10/h9-10H,1-8H2,(H3,15,16,17,18,19). The molecule has 1 unspecified atom stereocenters. The lowest BCUT2D eigenvalue weighted by Crippen LogP contribution is -2.17. The van der Waals surface area contributed by atoms with E-state index in [0.29, 0.717) is 11.5 Å². The van der Waals surface area contributed by atoms with Gasteiger partial charge in [0, 0.05) is 19.6 Å². The maximum atomic E-state index is 5.79. The normalized spacial score (nSPS) is 19.5. The fourth-order valence-electron chi connectivity index (χ4n) is 2.77. The number of nitrogen functional groups attached to an aromatic ring is 1. The van der Waals surface area contributed by atoms with E-state index in [9.17, 15) is 0 Å². The predicted octanol–water partition coefficient (Wildman–Crippen LogP) is 2.07. The second kappa shape index (κ2) is 6.17. The average Bonchev–Trinajstić information content (AvgIpc) is 2.89. The molecule has 0 aromatic carbocycles. The molecule has 3 heterocycles. The van der Waals surface area contributed by atoms with Gasteiger partial charge in [-0.15, -0.1) is 0 Å². The number of rotatable bonds is 5. The van der Waals surface area contributed by atoms with Gasteiger partial charge in [0.25, 0.3) is 0 Å². The fraction of sp³-hybridized carbons (Fsp3) is 0.643. The van der Waals surface area contributed by atoms with Crippen LogP contribution in [-0.4, -0.2) is 33.1 Å². The molecule has 1 aliphatic heterocycles. The highest BCUT2D eigenvalue weighted by Gasteiger charge is 2.13. The van der Waals surface area contributed by atoms with Crippen molar-refractivity contribution >= 4 is 17.0 Å². The van der Waals surface area contributed by atoms with Crippen LogP contribution in [0.15, 0.2) is 6.33 Å². The summed E-state index contributed by atoms with van der Waals surface area (Å²) in [5.41, 5.74) is 7.20. The summed E-state index contributed by atoms with van der Waals surface area (Å²) in [5, 5.41) is 0. The number of unbranched alkanes of at least 4 members (excludes halogenated alkanes) is 1. The van der Waals surface area contributed by atoms with Crippen molar-refractivity contribution in [3.63, 3.8) is 0 Å². The fourth-order valence-corrected chi connectivity index (χ4v) is 2.77. The highest BCUT2D eigenvalue weighted by atomic mass is 16.5. The third kappa shape index (κ3) is 3.07. The van der Waals surface area contributed by atoms with Crippen molar-refractivity contribution < 1.29 is 4.74 Å². The van der Waals surface area contributed by atoms with Gasteiger partial charge < -0.3 is 15.5 Å². The number of ether oxygens (including phenoxy) is 1. The van der Waals surface area contributed by atoms with E-state index in [4.69, 9.17) is 10.5 Å². The lowest BCUT2D eigenvalue weighted by atomic mass is 9.95. The van der Waals surface area contributed by atoms with Gasteiger partial charge in [0.1, 0.15) is 17.7 Å². The molecule has 2 aromatic heterocycles. The Hall–Kier alpha value is -1.69. The molecule has 2 aromatic rings. The van der Waals surface area contributed by atoms with Crippen molar-refractivity contribution in [2.75, 3.05) is 18.9 Å². The van der Waals surface area contributed by atoms with Crippen LogP contribution >= 0.6 is 0 Å². The number of hydrogen-bond acceptors (Lipinski definition) is 5. The average molecular weight is 275 g/mol. The molecule has 6 nitrogen and oxygen atoms in total. The predicted molar refractivity (Wildman–Crippen MR) is 77.2 cm³/mol. The number of nitrogens with two attached hydrogens (primary N) is 1. The molecule has 1 atom stereocenters. The van der Waals surface area contributed by atoms with Crippen molar-refractivity contribution in [2.45, 2.75) is 38.5 Å². The second-order valence-corrected chi connectivity index (χ2v) is 5.47. The zero-order valence-electron chi connectivity index (χ0n) is 11.6. The van der Waals surface area contributed by atoms with Crippen LogP contribution in [0.3, 0.4) is 0 Å². The lowest BCUT2D eigenvalue weighted by molar-refractivity contribution is 0.0507. The molecule has 1 fully saturated rings. The molecule has 1 aliphatic rings. The largest absolute Gasteiger partial charge is 0.382 e. The van der Waals surface area contributed by atoms with E-state index in [-0.39, 0.29) is 0 Å². The van der Waals surface area contributed by atoms with Crippen molar-refractivity contribution in [3.05, 3.63) is 12.2 Å². The minimum Gasteiger partial charge on any atom is -0.382 e. The maximum absolute atomic E-state index is 5.79. The van der Waals surface area contributed by atoms with E-state index >= 15 is 0 Å². The van der Waals surface area contributed by atoms with E-state index in [1.165, 1.54) is 32.0 Å². The zero-order valence-corrected chi connectivity index (χ0v) is 11.6. The third-order valence-electron chi connectivity index (χ3n) is 3.90. The Morgan fingerprint density at radius 2 is 2.30 bits per heavy atom. The van der Waals surface area contributed by atoms with Crippen LogP contribution in [0, 0.1) is 5.92 Å². The Kier molecular flexibility index (Phi) is 4.11. The number of anilines is 1. The van der Waals surface area contributed by atoms with Gasteiger partial charge in [0.05, 0.1) is 0 Å². The van der Waals surface area contributed by atoms with Crippen LogP contribution in [0.4, 0.5) is 5.82 Å². The quantitative estimate of drug-likeness (QED) is 0.815. The van der Waals surface area contributed by atoms with Crippen LogP contribution in [0.1, 0.15) is 37.9 Å². The van der Waals surface area contributed by atoms with Gasteiger partial charge in [-0.25, -0.2) is 15.0 Å². The number of hydrogen-bond donors (Lipinski definition) is 2. The maximum Gasteiger partial charge on any atom is 0.183 e. The molecule has 6 heteroatoms.